The zero-order valence-corrected chi connectivity index (χ0v) is 12.2. The van der Waals surface area contributed by atoms with E-state index in [4.69, 9.17) is 9.15 Å². The van der Waals surface area contributed by atoms with Crippen molar-refractivity contribution in [3.8, 4) is 5.75 Å². The molecular weight excluding hydrogens is 257 g/mol. The van der Waals surface area contributed by atoms with Gasteiger partial charge in [0, 0.05) is 11.6 Å². The van der Waals surface area contributed by atoms with Crippen molar-refractivity contribution >= 4 is 0 Å². The topological polar surface area (TPSA) is 34.4 Å². The molecule has 2 aromatic rings. The summed E-state index contributed by atoms with van der Waals surface area (Å²) in [5.41, 5.74) is 0.794. The molecule has 0 aliphatic heterocycles. The summed E-state index contributed by atoms with van der Waals surface area (Å²) in [6, 6.07) is 8.40. The van der Waals surface area contributed by atoms with Crippen LogP contribution < -0.4 is 10.1 Å². The first kappa shape index (κ1) is 14.6. The number of methoxy groups -OCH3 is 1. The Hall–Kier alpha value is -1.81. The SMILES string of the molecule is COc1ccc(F)cc1C(C)NC(C)c1ccc(C)o1. The first-order valence-electron chi connectivity index (χ1n) is 6.67. The highest BCUT2D eigenvalue weighted by Gasteiger charge is 2.17. The quantitative estimate of drug-likeness (QED) is 0.891. The van der Waals surface area contributed by atoms with E-state index in [2.05, 4.69) is 5.32 Å². The van der Waals surface area contributed by atoms with Crippen molar-refractivity contribution < 1.29 is 13.5 Å². The van der Waals surface area contributed by atoms with Gasteiger partial charge in [0.2, 0.25) is 0 Å². The number of ether oxygens (including phenoxy) is 1. The van der Waals surface area contributed by atoms with Crippen LogP contribution in [0.3, 0.4) is 0 Å². The number of halogens is 1. The van der Waals surface area contributed by atoms with E-state index in [1.54, 1.807) is 13.2 Å². The zero-order valence-electron chi connectivity index (χ0n) is 12.2. The number of benzene rings is 1. The molecule has 0 fully saturated rings. The number of hydrogen-bond donors (Lipinski definition) is 1. The van der Waals surface area contributed by atoms with Crippen LogP contribution in [0.1, 0.15) is 43.0 Å². The van der Waals surface area contributed by atoms with E-state index in [0.717, 1.165) is 17.1 Å². The molecule has 4 heteroatoms. The van der Waals surface area contributed by atoms with Crippen LogP contribution in [0, 0.1) is 12.7 Å². The molecule has 0 saturated heterocycles. The van der Waals surface area contributed by atoms with Crippen LogP contribution in [-0.2, 0) is 0 Å². The maximum Gasteiger partial charge on any atom is 0.123 e. The van der Waals surface area contributed by atoms with Crippen LogP contribution in [0.2, 0.25) is 0 Å². The number of rotatable bonds is 5. The Kier molecular flexibility index (Phi) is 4.45. The summed E-state index contributed by atoms with van der Waals surface area (Å²) < 4.78 is 24.3. The van der Waals surface area contributed by atoms with E-state index in [9.17, 15) is 4.39 Å². The van der Waals surface area contributed by atoms with Crippen molar-refractivity contribution in [3.05, 3.63) is 53.2 Å². The van der Waals surface area contributed by atoms with Gasteiger partial charge in [0.1, 0.15) is 23.1 Å². The molecule has 1 aromatic carbocycles. The summed E-state index contributed by atoms with van der Waals surface area (Å²) in [6.45, 7) is 5.90. The molecule has 0 aliphatic carbocycles. The summed E-state index contributed by atoms with van der Waals surface area (Å²) in [5, 5.41) is 3.39. The summed E-state index contributed by atoms with van der Waals surface area (Å²) >= 11 is 0. The second-order valence-corrected chi connectivity index (χ2v) is 4.94. The van der Waals surface area contributed by atoms with Crippen molar-refractivity contribution in [2.75, 3.05) is 7.11 Å². The fourth-order valence-electron chi connectivity index (χ4n) is 2.28. The Balaban J connectivity index is 2.15. The third-order valence-corrected chi connectivity index (χ3v) is 3.35. The third kappa shape index (κ3) is 3.20. The molecular formula is C16H20FNO2. The second kappa shape index (κ2) is 6.09. The highest BCUT2D eigenvalue weighted by Crippen LogP contribution is 2.28. The lowest BCUT2D eigenvalue weighted by Gasteiger charge is -2.21. The van der Waals surface area contributed by atoms with E-state index in [-0.39, 0.29) is 17.9 Å². The molecule has 1 N–H and O–H groups in total. The lowest BCUT2D eigenvalue weighted by molar-refractivity contribution is 0.374. The van der Waals surface area contributed by atoms with Gasteiger partial charge in [0.15, 0.2) is 0 Å². The van der Waals surface area contributed by atoms with Crippen LogP contribution in [0.4, 0.5) is 4.39 Å². The second-order valence-electron chi connectivity index (χ2n) is 4.94. The van der Waals surface area contributed by atoms with Gasteiger partial charge >= 0.3 is 0 Å². The number of hydrogen-bond acceptors (Lipinski definition) is 3. The Morgan fingerprint density at radius 2 is 1.90 bits per heavy atom. The molecule has 1 heterocycles. The molecule has 0 spiro atoms. The van der Waals surface area contributed by atoms with Gasteiger partial charge in [0.05, 0.1) is 13.2 Å². The molecule has 0 bridgehead atoms. The molecule has 1 aromatic heterocycles. The van der Waals surface area contributed by atoms with Crippen molar-refractivity contribution in [1.29, 1.82) is 0 Å². The Morgan fingerprint density at radius 3 is 2.50 bits per heavy atom. The van der Waals surface area contributed by atoms with Gasteiger partial charge in [-0.2, -0.15) is 0 Å². The summed E-state index contributed by atoms with van der Waals surface area (Å²) in [7, 11) is 1.59. The lowest BCUT2D eigenvalue weighted by atomic mass is 10.1. The maximum absolute atomic E-state index is 13.4. The molecule has 0 saturated carbocycles. The predicted molar refractivity (Wildman–Crippen MR) is 76.4 cm³/mol. The average Bonchev–Trinajstić information content (AvgIpc) is 2.85. The monoisotopic (exact) mass is 277 g/mol. The van der Waals surface area contributed by atoms with Gasteiger partial charge < -0.3 is 14.5 Å². The summed E-state index contributed by atoms with van der Waals surface area (Å²) in [4.78, 5) is 0. The molecule has 0 radical (unpaired) electrons. The fraction of sp³-hybridized carbons (Fsp3) is 0.375. The molecule has 20 heavy (non-hydrogen) atoms. The van der Waals surface area contributed by atoms with Gasteiger partial charge in [0.25, 0.3) is 0 Å². The predicted octanol–water partition coefficient (Wildman–Crippen LogP) is 4.15. The normalized spacial score (nSPS) is 14.1. The van der Waals surface area contributed by atoms with Gasteiger partial charge in [-0.15, -0.1) is 0 Å². The number of nitrogens with one attached hydrogen (secondary N) is 1. The molecule has 2 unspecified atom stereocenters. The molecule has 0 amide bonds. The highest BCUT2D eigenvalue weighted by atomic mass is 19.1. The van der Waals surface area contributed by atoms with Crippen LogP contribution in [-0.4, -0.2) is 7.11 Å². The van der Waals surface area contributed by atoms with E-state index < -0.39 is 0 Å². The smallest absolute Gasteiger partial charge is 0.123 e. The van der Waals surface area contributed by atoms with E-state index in [0.29, 0.717) is 5.75 Å². The van der Waals surface area contributed by atoms with Crippen LogP contribution >= 0.6 is 0 Å². The average molecular weight is 277 g/mol. The Bertz CT molecular complexity index is 580. The number of furan rings is 1. The Labute approximate surface area is 118 Å². The first-order valence-corrected chi connectivity index (χ1v) is 6.67. The maximum atomic E-state index is 13.4. The molecule has 0 aliphatic rings. The van der Waals surface area contributed by atoms with E-state index >= 15 is 0 Å². The van der Waals surface area contributed by atoms with Crippen LogP contribution in [0.5, 0.6) is 5.75 Å². The summed E-state index contributed by atoms with van der Waals surface area (Å²) in [6.07, 6.45) is 0. The van der Waals surface area contributed by atoms with Crippen LogP contribution in [0.15, 0.2) is 34.7 Å². The third-order valence-electron chi connectivity index (χ3n) is 3.35. The molecule has 2 rings (SSSR count). The zero-order chi connectivity index (χ0) is 14.7. The largest absolute Gasteiger partial charge is 0.496 e. The van der Waals surface area contributed by atoms with E-state index in [1.165, 1.54) is 12.1 Å². The standard InChI is InChI=1S/C16H20FNO2/c1-10-5-7-15(20-10)12(3)18-11(2)14-9-13(17)6-8-16(14)19-4/h5-9,11-12,18H,1-4H3. The van der Waals surface area contributed by atoms with Crippen molar-refractivity contribution in [2.24, 2.45) is 0 Å². The van der Waals surface area contributed by atoms with Crippen molar-refractivity contribution in [1.82, 2.24) is 5.32 Å². The molecule has 2 atom stereocenters. The van der Waals surface area contributed by atoms with Gasteiger partial charge in [-0.3, -0.25) is 0 Å². The minimum Gasteiger partial charge on any atom is -0.496 e. The summed E-state index contributed by atoms with van der Waals surface area (Å²) in [5.74, 6) is 2.15. The number of aryl methyl sites for hydroxylation is 1. The van der Waals surface area contributed by atoms with Gasteiger partial charge in [-0.25, -0.2) is 4.39 Å². The molecule has 108 valence electrons. The van der Waals surface area contributed by atoms with E-state index in [1.807, 2.05) is 32.9 Å². The van der Waals surface area contributed by atoms with Gasteiger partial charge in [-0.05, 0) is 51.1 Å². The highest BCUT2D eigenvalue weighted by molar-refractivity contribution is 5.36. The van der Waals surface area contributed by atoms with Crippen molar-refractivity contribution in [3.63, 3.8) is 0 Å². The lowest BCUT2D eigenvalue weighted by Crippen LogP contribution is -2.22. The minimum absolute atomic E-state index is 0.0340. The van der Waals surface area contributed by atoms with Crippen LogP contribution in [0.25, 0.3) is 0 Å². The Morgan fingerprint density at radius 1 is 1.15 bits per heavy atom. The first-order chi connectivity index (χ1) is 9.51. The van der Waals surface area contributed by atoms with Crippen molar-refractivity contribution in [2.45, 2.75) is 32.9 Å². The minimum atomic E-state index is -0.268. The fourth-order valence-corrected chi connectivity index (χ4v) is 2.28. The van der Waals surface area contributed by atoms with Gasteiger partial charge in [-0.1, -0.05) is 0 Å². The molecule has 3 nitrogen and oxygen atoms in total.